The molecule has 0 spiro atoms. The Morgan fingerprint density at radius 1 is 1.20 bits per heavy atom. The summed E-state index contributed by atoms with van der Waals surface area (Å²) in [7, 11) is 0. The van der Waals surface area contributed by atoms with E-state index in [1.807, 2.05) is 11.0 Å². The Morgan fingerprint density at radius 2 is 2.07 bits per heavy atom. The van der Waals surface area contributed by atoms with Crippen molar-refractivity contribution in [2.75, 3.05) is 26.2 Å². The van der Waals surface area contributed by atoms with Gasteiger partial charge in [-0.1, -0.05) is 23.7 Å². The van der Waals surface area contributed by atoms with E-state index >= 15 is 0 Å². The molecule has 7 heteroatoms. The molecule has 5 rings (SSSR count). The lowest BCUT2D eigenvalue weighted by molar-refractivity contribution is 0.0752. The number of carbonyl (C=O) groups is 1. The zero-order valence-electron chi connectivity index (χ0n) is 17.2. The van der Waals surface area contributed by atoms with Crippen LogP contribution in [0.2, 0.25) is 5.02 Å². The van der Waals surface area contributed by atoms with E-state index in [0.29, 0.717) is 18.8 Å². The predicted octanol–water partition coefficient (Wildman–Crippen LogP) is 4.38. The van der Waals surface area contributed by atoms with Gasteiger partial charge in [0.15, 0.2) is 5.69 Å². The highest BCUT2D eigenvalue weighted by Crippen LogP contribution is 2.35. The Hall–Kier alpha value is -1.92. The van der Waals surface area contributed by atoms with Crippen molar-refractivity contribution in [2.24, 2.45) is 5.92 Å². The van der Waals surface area contributed by atoms with Crippen LogP contribution in [0.4, 0.5) is 4.39 Å². The molecule has 5 nitrogen and oxygen atoms in total. The van der Waals surface area contributed by atoms with Gasteiger partial charge in [-0.25, -0.2) is 4.39 Å². The molecule has 1 amide bonds. The summed E-state index contributed by atoms with van der Waals surface area (Å²) < 4.78 is 13.9. The summed E-state index contributed by atoms with van der Waals surface area (Å²) in [6.45, 7) is 4.34. The first-order valence-electron chi connectivity index (χ1n) is 11.1. The minimum Gasteiger partial charge on any atom is -0.337 e. The molecule has 3 aliphatic rings. The van der Waals surface area contributed by atoms with E-state index in [1.165, 1.54) is 18.9 Å². The van der Waals surface area contributed by atoms with Crippen molar-refractivity contribution in [3.63, 3.8) is 0 Å². The fourth-order valence-corrected chi connectivity index (χ4v) is 5.23. The number of hydrogen-bond acceptors (Lipinski definition) is 3. The largest absolute Gasteiger partial charge is 0.337 e. The Labute approximate surface area is 181 Å². The summed E-state index contributed by atoms with van der Waals surface area (Å²) >= 11 is 6.22. The van der Waals surface area contributed by atoms with E-state index in [2.05, 4.69) is 15.1 Å². The molecule has 1 saturated heterocycles. The van der Waals surface area contributed by atoms with Crippen molar-refractivity contribution in [3.05, 3.63) is 51.6 Å². The summed E-state index contributed by atoms with van der Waals surface area (Å²) in [4.78, 5) is 17.7. The SMILES string of the molecule is O=C(c1n[nH]c2c1CN(CC1CC1)CC2)N1CCCC(c2cccc(F)c2Cl)CC1. The number of carbonyl (C=O) groups excluding carboxylic acids is 1. The van der Waals surface area contributed by atoms with Gasteiger partial charge in [0.1, 0.15) is 5.82 Å². The fraction of sp³-hybridized carbons (Fsp3) is 0.565. The van der Waals surface area contributed by atoms with Crippen LogP contribution in [-0.2, 0) is 13.0 Å². The van der Waals surface area contributed by atoms with Gasteiger partial charge < -0.3 is 4.90 Å². The van der Waals surface area contributed by atoms with Gasteiger partial charge >= 0.3 is 0 Å². The molecule has 2 fully saturated rings. The summed E-state index contributed by atoms with van der Waals surface area (Å²) in [6.07, 6.45) is 6.18. The number of aromatic nitrogens is 2. The molecular weight excluding hydrogens is 403 g/mol. The molecule has 1 aromatic carbocycles. The first-order valence-corrected chi connectivity index (χ1v) is 11.5. The number of aromatic amines is 1. The minimum atomic E-state index is -0.370. The molecule has 2 aliphatic heterocycles. The molecule has 160 valence electrons. The van der Waals surface area contributed by atoms with Crippen LogP contribution in [-0.4, -0.2) is 52.1 Å². The lowest BCUT2D eigenvalue weighted by Gasteiger charge is -2.27. The van der Waals surface area contributed by atoms with E-state index in [-0.39, 0.29) is 22.7 Å². The smallest absolute Gasteiger partial charge is 0.274 e. The van der Waals surface area contributed by atoms with Gasteiger partial charge in [0, 0.05) is 50.4 Å². The number of nitrogens with one attached hydrogen (secondary N) is 1. The van der Waals surface area contributed by atoms with Crippen LogP contribution in [0, 0.1) is 11.7 Å². The van der Waals surface area contributed by atoms with Crippen LogP contribution >= 0.6 is 11.6 Å². The van der Waals surface area contributed by atoms with Crippen molar-refractivity contribution >= 4 is 17.5 Å². The molecule has 2 aromatic rings. The number of H-pyrrole nitrogens is 1. The number of fused-ring (bicyclic) bond motifs is 1. The van der Waals surface area contributed by atoms with E-state index in [9.17, 15) is 9.18 Å². The van der Waals surface area contributed by atoms with Crippen molar-refractivity contribution in [2.45, 2.75) is 51.0 Å². The van der Waals surface area contributed by atoms with E-state index in [4.69, 9.17) is 11.6 Å². The molecule has 1 saturated carbocycles. The number of rotatable bonds is 4. The quantitative estimate of drug-likeness (QED) is 0.783. The Kier molecular flexibility index (Phi) is 5.54. The van der Waals surface area contributed by atoms with Crippen molar-refractivity contribution in [3.8, 4) is 0 Å². The van der Waals surface area contributed by atoms with Gasteiger partial charge in [0.2, 0.25) is 0 Å². The highest BCUT2D eigenvalue weighted by atomic mass is 35.5. The summed E-state index contributed by atoms with van der Waals surface area (Å²) in [6, 6.07) is 5.02. The molecule has 1 unspecified atom stereocenters. The highest BCUT2D eigenvalue weighted by molar-refractivity contribution is 6.31. The maximum Gasteiger partial charge on any atom is 0.274 e. The second-order valence-corrected chi connectivity index (χ2v) is 9.40. The molecule has 1 aliphatic carbocycles. The van der Waals surface area contributed by atoms with Gasteiger partial charge in [-0.2, -0.15) is 5.10 Å². The maximum atomic E-state index is 13.9. The number of likely N-dealkylation sites (tertiary alicyclic amines) is 1. The third-order valence-electron chi connectivity index (χ3n) is 6.87. The van der Waals surface area contributed by atoms with Gasteiger partial charge in [-0.15, -0.1) is 0 Å². The van der Waals surface area contributed by atoms with Crippen LogP contribution in [0.5, 0.6) is 0 Å². The van der Waals surface area contributed by atoms with Crippen LogP contribution in [0.1, 0.15) is 65.3 Å². The molecule has 0 bridgehead atoms. The maximum absolute atomic E-state index is 13.9. The number of hydrogen-bond donors (Lipinski definition) is 1. The topological polar surface area (TPSA) is 52.2 Å². The fourth-order valence-electron chi connectivity index (χ4n) is 4.95. The van der Waals surface area contributed by atoms with E-state index in [0.717, 1.165) is 68.1 Å². The lowest BCUT2D eigenvalue weighted by atomic mass is 9.92. The third kappa shape index (κ3) is 4.00. The van der Waals surface area contributed by atoms with E-state index < -0.39 is 0 Å². The first-order chi connectivity index (χ1) is 14.6. The number of nitrogens with zero attached hydrogens (tertiary/aromatic N) is 3. The molecular formula is C23H28ClFN4O. The van der Waals surface area contributed by atoms with Crippen LogP contribution < -0.4 is 0 Å². The van der Waals surface area contributed by atoms with Gasteiger partial charge in [-0.3, -0.25) is 14.8 Å². The summed E-state index contributed by atoms with van der Waals surface area (Å²) in [5.41, 5.74) is 3.65. The predicted molar refractivity (Wildman–Crippen MR) is 114 cm³/mol. The first kappa shape index (κ1) is 20.0. The van der Waals surface area contributed by atoms with Crippen LogP contribution in [0.25, 0.3) is 0 Å². The van der Waals surface area contributed by atoms with E-state index in [1.54, 1.807) is 6.07 Å². The average Bonchev–Trinajstić information content (AvgIpc) is 3.51. The van der Waals surface area contributed by atoms with Crippen LogP contribution in [0.3, 0.4) is 0 Å². The Balaban J connectivity index is 1.28. The number of amides is 1. The van der Waals surface area contributed by atoms with Gasteiger partial charge in [0.25, 0.3) is 5.91 Å². The third-order valence-corrected chi connectivity index (χ3v) is 7.26. The zero-order chi connectivity index (χ0) is 20.7. The lowest BCUT2D eigenvalue weighted by Crippen LogP contribution is -2.35. The standard InChI is InChI=1S/C23H28ClFN4O/c24-21-17(4-1-5-19(21)25)16-3-2-10-29(12-8-16)23(30)22-18-14-28(13-15-6-7-15)11-9-20(18)26-27-22/h1,4-5,15-16H,2-3,6-14H2,(H,26,27). The normalized spacial score (nSPS) is 22.6. The van der Waals surface area contributed by atoms with Crippen molar-refractivity contribution < 1.29 is 9.18 Å². The monoisotopic (exact) mass is 430 g/mol. The summed E-state index contributed by atoms with van der Waals surface area (Å²) in [5.74, 6) is 0.667. The van der Waals surface area contributed by atoms with Gasteiger partial charge in [0.05, 0.1) is 5.02 Å². The van der Waals surface area contributed by atoms with Crippen LogP contribution in [0.15, 0.2) is 18.2 Å². The minimum absolute atomic E-state index is 0.0201. The number of halogens is 2. The molecule has 3 heterocycles. The Morgan fingerprint density at radius 3 is 2.90 bits per heavy atom. The molecule has 0 radical (unpaired) electrons. The average molecular weight is 431 g/mol. The van der Waals surface area contributed by atoms with Crippen molar-refractivity contribution in [1.29, 1.82) is 0 Å². The number of benzene rings is 1. The molecule has 1 atom stereocenters. The zero-order valence-corrected chi connectivity index (χ0v) is 17.9. The van der Waals surface area contributed by atoms with Gasteiger partial charge in [-0.05, 0) is 55.6 Å². The summed E-state index contributed by atoms with van der Waals surface area (Å²) in [5, 5.41) is 7.76. The molecule has 1 N–H and O–H groups in total. The Bertz CT molecular complexity index is 941. The van der Waals surface area contributed by atoms with Crippen molar-refractivity contribution in [1.82, 2.24) is 20.0 Å². The highest BCUT2D eigenvalue weighted by Gasteiger charge is 2.32. The molecule has 30 heavy (non-hydrogen) atoms. The molecule has 1 aromatic heterocycles. The second kappa shape index (κ2) is 8.31. The second-order valence-electron chi connectivity index (χ2n) is 9.02.